The SMILES string of the molecule is COC(=O)CCOc1ccc(C(C)O)cc1. The number of rotatable bonds is 5. The first-order valence-corrected chi connectivity index (χ1v) is 5.11. The van der Waals surface area contributed by atoms with E-state index in [0.717, 1.165) is 5.56 Å². The molecule has 0 bridgehead atoms. The topological polar surface area (TPSA) is 55.8 Å². The van der Waals surface area contributed by atoms with Gasteiger partial charge in [0.1, 0.15) is 5.75 Å². The van der Waals surface area contributed by atoms with Gasteiger partial charge in [-0.05, 0) is 24.6 Å². The van der Waals surface area contributed by atoms with Crippen molar-refractivity contribution < 1.29 is 19.4 Å². The maximum absolute atomic E-state index is 10.8. The van der Waals surface area contributed by atoms with E-state index >= 15 is 0 Å². The first kappa shape index (κ1) is 12.5. The van der Waals surface area contributed by atoms with Crippen molar-refractivity contribution in [2.24, 2.45) is 0 Å². The van der Waals surface area contributed by atoms with Crippen LogP contribution in [0.5, 0.6) is 5.75 Å². The number of esters is 1. The van der Waals surface area contributed by atoms with Crippen LogP contribution in [0.2, 0.25) is 0 Å². The molecule has 0 heterocycles. The van der Waals surface area contributed by atoms with Crippen LogP contribution in [-0.2, 0) is 9.53 Å². The molecule has 0 aliphatic carbocycles. The van der Waals surface area contributed by atoms with Crippen LogP contribution < -0.4 is 4.74 Å². The zero-order chi connectivity index (χ0) is 12.0. The van der Waals surface area contributed by atoms with E-state index in [1.165, 1.54) is 7.11 Å². The van der Waals surface area contributed by atoms with E-state index in [-0.39, 0.29) is 12.4 Å². The smallest absolute Gasteiger partial charge is 0.308 e. The van der Waals surface area contributed by atoms with E-state index in [0.29, 0.717) is 12.4 Å². The number of hydrogen-bond donors (Lipinski definition) is 1. The van der Waals surface area contributed by atoms with E-state index in [4.69, 9.17) is 4.74 Å². The second-order valence-corrected chi connectivity index (χ2v) is 3.42. The van der Waals surface area contributed by atoms with Crippen LogP contribution in [0.3, 0.4) is 0 Å². The van der Waals surface area contributed by atoms with Crippen molar-refractivity contribution in [3.8, 4) is 5.75 Å². The lowest BCUT2D eigenvalue weighted by atomic mass is 10.1. The van der Waals surface area contributed by atoms with E-state index in [2.05, 4.69) is 4.74 Å². The van der Waals surface area contributed by atoms with Gasteiger partial charge < -0.3 is 14.6 Å². The number of hydrogen-bond acceptors (Lipinski definition) is 4. The third-order valence-electron chi connectivity index (χ3n) is 2.17. The molecule has 0 saturated heterocycles. The van der Waals surface area contributed by atoms with Crippen LogP contribution in [0, 0.1) is 0 Å². The van der Waals surface area contributed by atoms with Crippen molar-refractivity contribution in [1.82, 2.24) is 0 Å². The van der Waals surface area contributed by atoms with Gasteiger partial charge in [0.15, 0.2) is 0 Å². The maximum atomic E-state index is 10.8. The summed E-state index contributed by atoms with van der Waals surface area (Å²) < 4.78 is 9.82. The Morgan fingerprint density at radius 3 is 2.50 bits per heavy atom. The van der Waals surface area contributed by atoms with Crippen molar-refractivity contribution in [2.45, 2.75) is 19.4 Å². The largest absolute Gasteiger partial charge is 0.493 e. The zero-order valence-corrected chi connectivity index (χ0v) is 9.47. The van der Waals surface area contributed by atoms with Crippen molar-refractivity contribution in [2.75, 3.05) is 13.7 Å². The number of methoxy groups -OCH3 is 1. The molecule has 0 spiro atoms. The van der Waals surface area contributed by atoms with Gasteiger partial charge in [0.2, 0.25) is 0 Å². The van der Waals surface area contributed by atoms with Crippen molar-refractivity contribution in [3.63, 3.8) is 0 Å². The highest BCUT2D eigenvalue weighted by molar-refractivity contribution is 5.69. The highest BCUT2D eigenvalue weighted by atomic mass is 16.5. The molecule has 1 aromatic rings. The first-order chi connectivity index (χ1) is 7.63. The van der Waals surface area contributed by atoms with Crippen LogP contribution in [-0.4, -0.2) is 24.8 Å². The highest BCUT2D eigenvalue weighted by Gasteiger charge is 2.02. The molecule has 1 atom stereocenters. The Labute approximate surface area is 94.8 Å². The summed E-state index contributed by atoms with van der Waals surface area (Å²) in [4.78, 5) is 10.8. The molecular weight excluding hydrogens is 208 g/mol. The Hall–Kier alpha value is -1.55. The van der Waals surface area contributed by atoms with E-state index in [1.807, 2.05) is 0 Å². The molecule has 0 amide bonds. The molecule has 0 saturated carbocycles. The van der Waals surface area contributed by atoms with Crippen molar-refractivity contribution in [3.05, 3.63) is 29.8 Å². The van der Waals surface area contributed by atoms with Gasteiger partial charge >= 0.3 is 5.97 Å². The van der Waals surface area contributed by atoms with Crippen LogP contribution in [0.15, 0.2) is 24.3 Å². The standard InChI is InChI=1S/C12H16O4/c1-9(13)10-3-5-11(6-4-10)16-8-7-12(14)15-2/h3-6,9,13H,7-8H2,1-2H3. The zero-order valence-electron chi connectivity index (χ0n) is 9.47. The predicted molar refractivity (Wildman–Crippen MR) is 59.2 cm³/mol. The monoisotopic (exact) mass is 224 g/mol. The van der Waals surface area contributed by atoms with Crippen molar-refractivity contribution in [1.29, 1.82) is 0 Å². The van der Waals surface area contributed by atoms with Gasteiger partial charge in [0, 0.05) is 0 Å². The molecule has 0 radical (unpaired) electrons. The number of aliphatic hydroxyl groups is 1. The minimum atomic E-state index is -0.482. The second-order valence-electron chi connectivity index (χ2n) is 3.42. The molecule has 0 aliphatic heterocycles. The maximum Gasteiger partial charge on any atom is 0.308 e. The fourth-order valence-electron chi connectivity index (χ4n) is 1.20. The molecular formula is C12H16O4. The summed E-state index contributed by atoms with van der Waals surface area (Å²) in [7, 11) is 1.35. The molecule has 1 rings (SSSR count). The molecule has 4 heteroatoms. The fraction of sp³-hybridized carbons (Fsp3) is 0.417. The average molecular weight is 224 g/mol. The Balaban J connectivity index is 2.40. The lowest BCUT2D eigenvalue weighted by Crippen LogP contribution is -2.07. The molecule has 4 nitrogen and oxygen atoms in total. The van der Waals surface area contributed by atoms with Crippen LogP contribution in [0.4, 0.5) is 0 Å². The Bertz CT molecular complexity index is 329. The molecule has 88 valence electrons. The van der Waals surface area contributed by atoms with Crippen LogP contribution in [0.1, 0.15) is 25.0 Å². The van der Waals surface area contributed by atoms with Gasteiger partial charge in [-0.1, -0.05) is 12.1 Å². The van der Waals surface area contributed by atoms with Crippen LogP contribution >= 0.6 is 0 Å². The van der Waals surface area contributed by atoms with Gasteiger partial charge in [-0.15, -0.1) is 0 Å². The minimum absolute atomic E-state index is 0.231. The van der Waals surface area contributed by atoms with Gasteiger partial charge in [-0.2, -0.15) is 0 Å². The molecule has 16 heavy (non-hydrogen) atoms. The van der Waals surface area contributed by atoms with Gasteiger partial charge in [-0.25, -0.2) is 0 Å². The predicted octanol–water partition coefficient (Wildman–Crippen LogP) is 1.68. The minimum Gasteiger partial charge on any atom is -0.493 e. The van der Waals surface area contributed by atoms with Gasteiger partial charge in [-0.3, -0.25) is 4.79 Å². The van der Waals surface area contributed by atoms with Crippen LogP contribution in [0.25, 0.3) is 0 Å². The molecule has 1 N–H and O–H groups in total. The summed E-state index contributed by atoms with van der Waals surface area (Å²) in [6.07, 6.45) is -0.251. The number of ether oxygens (including phenoxy) is 2. The lowest BCUT2D eigenvalue weighted by Gasteiger charge is -2.07. The number of carbonyl (C=O) groups is 1. The van der Waals surface area contributed by atoms with E-state index in [9.17, 15) is 9.90 Å². The van der Waals surface area contributed by atoms with Gasteiger partial charge in [0.25, 0.3) is 0 Å². The molecule has 0 aromatic heterocycles. The Morgan fingerprint density at radius 2 is 2.00 bits per heavy atom. The summed E-state index contributed by atoms with van der Waals surface area (Å²) in [6.45, 7) is 1.99. The quantitative estimate of drug-likeness (QED) is 0.773. The summed E-state index contributed by atoms with van der Waals surface area (Å²) in [5.41, 5.74) is 0.834. The third-order valence-corrected chi connectivity index (χ3v) is 2.17. The fourth-order valence-corrected chi connectivity index (χ4v) is 1.20. The normalized spacial score (nSPS) is 11.9. The average Bonchev–Trinajstić information content (AvgIpc) is 2.29. The Kier molecular flexibility index (Phi) is 4.79. The third kappa shape index (κ3) is 3.90. The summed E-state index contributed by atoms with van der Waals surface area (Å²) >= 11 is 0. The molecule has 1 aromatic carbocycles. The molecule has 0 aliphatic rings. The second kappa shape index (κ2) is 6.12. The van der Waals surface area contributed by atoms with Gasteiger partial charge in [0.05, 0.1) is 26.2 Å². The van der Waals surface area contributed by atoms with E-state index in [1.54, 1.807) is 31.2 Å². The Morgan fingerprint density at radius 1 is 1.38 bits per heavy atom. The number of carbonyl (C=O) groups excluding carboxylic acids is 1. The number of benzene rings is 1. The molecule has 1 unspecified atom stereocenters. The molecule has 0 fully saturated rings. The first-order valence-electron chi connectivity index (χ1n) is 5.11. The highest BCUT2D eigenvalue weighted by Crippen LogP contribution is 2.17. The summed E-state index contributed by atoms with van der Waals surface area (Å²) in [6, 6.07) is 7.11. The van der Waals surface area contributed by atoms with E-state index < -0.39 is 6.10 Å². The lowest BCUT2D eigenvalue weighted by molar-refractivity contribution is -0.141. The number of aliphatic hydroxyl groups excluding tert-OH is 1. The summed E-state index contributed by atoms with van der Waals surface area (Å²) in [5, 5.41) is 9.29. The summed E-state index contributed by atoms with van der Waals surface area (Å²) in [5.74, 6) is 0.383. The van der Waals surface area contributed by atoms with Crippen molar-refractivity contribution >= 4 is 5.97 Å².